The number of carbonyl (C=O) groups is 4. The van der Waals surface area contributed by atoms with Crippen molar-refractivity contribution in [2.24, 2.45) is 0 Å². The molecule has 10 heteroatoms. The molecule has 0 saturated heterocycles. The summed E-state index contributed by atoms with van der Waals surface area (Å²) in [6, 6.07) is 0. The minimum absolute atomic E-state index is 0. The van der Waals surface area contributed by atoms with Crippen LogP contribution in [0.2, 0.25) is 0 Å². The average molecular weight is 318 g/mol. The zero-order chi connectivity index (χ0) is 13.1. The van der Waals surface area contributed by atoms with Crippen LogP contribution in [0.4, 0.5) is 0 Å². The number of carbonyl (C=O) groups excluding carboxylic acids is 4. The molecule has 0 amide bonds. The maximum atomic E-state index is 9.41. The van der Waals surface area contributed by atoms with E-state index < -0.39 is 23.9 Å². The first kappa shape index (κ1) is 25.6. The molecule has 0 aromatic heterocycles. The second-order valence-electron chi connectivity index (χ2n) is 1.94. The summed E-state index contributed by atoms with van der Waals surface area (Å²) in [5.74, 6) is -6.19. The number of hydrogen-bond donors (Lipinski definition) is 0. The van der Waals surface area contributed by atoms with Crippen molar-refractivity contribution < 1.29 is 59.1 Å². The molecule has 0 aliphatic carbocycles. The van der Waals surface area contributed by atoms with Gasteiger partial charge in [0.1, 0.15) is 0 Å². The monoisotopic (exact) mass is 316 g/mol. The fourth-order valence-electron chi connectivity index (χ4n) is 0.272. The van der Waals surface area contributed by atoms with Crippen LogP contribution in [-0.2, 0) is 38.7 Å². The zero-order valence-corrected chi connectivity index (χ0v) is 13.4. The largest absolute Gasteiger partial charge is 2.00 e. The van der Waals surface area contributed by atoms with E-state index in [4.69, 9.17) is 0 Å². The van der Waals surface area contributed by atoms with E-state index in [1.807, 2.05) is 0 Å². The Morgan fingerprint density at radius 1 is 0.556 bits per heavy atom. The summed E-state index contributed by atoms with van der Waals surface area (Å²) in [6.07, 6.45) is 1.54. The summed E-state index contributed by atoms with van der Waals surface area (Å²) < 4.78 is 0. The number of hydrogen-bond acceptors (Lipinski definition) is 8. The van der Waals surface area contributed by atoms with Gasteiger partial charge in [-0.05, 0) is 24.3 Å². The van der Waals surface area contributed by atoms with Gasteiger partial charge >= 0.3 is 42.5 Å². The third-order valence-corrected chi connectivity index (χ3v) is 0.711. The third kappa shape index (κ3) is 36.4. The van der Waals surface area contributed by atoms with Gasteiger partial charge in [-0.1, -0.05) is 0 Å². The van der Waals surface area contributed by atoms with Gasteiger partial charge in [0.05, 0.1) is 23.9 Å². The van der Waals surface area contributed by atoms with Crippen LogP contribution in [0.1, 0.15) is 0 Å². The van der Waals surface area contributed by atoms with Crippen LogP contribution in [0.3, 0.4) is 0 Å². The van der Waals surface area contributed by atoms with Crippen LogP contribution in [0.5, 0.6) is 0 Å². The third-order valence-electron chi connectivity index (χ3n) is 0.711. The van der Waals surface area contributed by atoms with Crippen LogP contribution in [-0.4, -0.2) is 46.9 Å². The Morgan fingerprint density at radius 2 is 0.667 bits per heavy atom. The Balaban J connectivity index is -0.0000000980. The molecular weight excluding hydrogens is 314 g/mol. The molecule has 8 nitrogen and oxygen atoms in total. The molecule has 0 bridgehead atoms. The summed E-state index contributed by atoms with van der Waals surface area (Å²) in [7, 11) is 0. The van der Waals surface area contributed by atoms with Gasteiger partial charge in [-0.15, -0.1) is 0 Å². The van der Waals surface area contributed by atoms with Crippen molar-refractivity contribution in [3.8, 4) is 0 Å². The van der Waals surface area contributed by atoms with Crippen LogP contribution >= 0.6 is 0 Å². The normalized spacial score (nSPS) is 8.44. The molecule has 0 N–H and O–H groups in total. The molecule has 0 radical (unpaired) electrons. The maximum absolute atomic E-state index is 9.41. The van der Waals surface area contributed by atoms with Crippen molar-refractivity contribution in [2.45, 2.75) is 0 Å². The molecule has 0 unspecified atom stereocenters. The standard InChI is InChI=1S/2C4H4O4.Mg.Zn/c2*5-3(6)1-2-4(7)8;;/h2*1-2H,(H,5,6)(H,7,8);;/q;;2*+2/p-4. The fraction of sp³-hybridized carbons (Fsp3) is 0. The van der Waals surface area contributed by atoms with E-state index in [9.17, 15) is 39.6 Å². The van der Waals surface area contributed by atoms with E-state index >= 15 is 0 Å². The minimum Gasteiger partial charge on any atom is -0.545 e. The molecule has 0 aromatic carbocycles. The minimum atomic E-state index is -1.55. The van der Waals surface area contributed by atoms with E-state index in [1.165, 1.54) is 0 Å². The zero-order valence-electron chi connectivity index (χ0n) is 8.99. The molecule has 18 heavy (non-hydrogen) atoms. The van der Waals surface area contributed by atoms with Gasteiger partial charge in [0.15, 0.2) is 0 Å². The van der Waals surface area contributed by atoms with Gasteiger partial charge < -0.3 is 39.6 Å². The van der Waals surface area contributed by atoms with Gasteiger partial charge in [-0.3, -0.25) is 0 Å². The Hall–Kier alpha value is -1.25. The predicted molar refractivity (Wildman–Crippen MR) is 44.1 cm³/mol. The van der Waals surface area contributed by atoms with Crippen LogP contribution in [0.25, 0.3) is 0 Å². The molecule has 0 spiro atoms. The van der Waals surface area contributed by atoms with E-state index in [1.54, 1.807) is 0 Å². The Bertz CT molecular complexity index is 283. The summed E-state index contributed by atoms with van der Waals surface area (Å²) in [5.41, 5.74) is 0. The van der Waals surface area contributed by atoms with Crippen molar-refractivity contribution in [3.05, 3.63) is 24.3 Å². The Morgan fingerprint density at radius 3 is 0.722 bits per heavy atom. The topological polar surface area (TPSA) is 161 Å². The fourth-order valence-corrected chi connectivity index (χ4v) is 0.272. The molecule has 0 aliphatic rings. The van der Waals surface area contributed by atoms with Crippen molar-refractivity contribution in [1.82, 2.24) is 0 Å². The summed E-state index contributed by atoms with van der Waals surface area (Å²) in [5, 5.41) is 37.7. The summed E-state index contributed by atoms with van der Waals surface area (Å²) in [6.45, 7) is 0. The molecule has 0 saturated carbocycles. The van der Waals surface area contributed by atoms with Crippen LogP contribution < -0.4 is 20.4 Å². The number of carboxylic acids is 4. The number of rotatable bonds is 4. The molecule has 88 valence electrons. The molecule has 0 rings (SSSR count). The van der Waals surface area contributed by atoms with Crippen LogP contribution in [0.15, 0.2) is 24.3 Å². The summed E-state index contributed by atoms with van der Waals surface area (Å²) in [4.78, 5) is 37.7. The van der Waals surface area contributed by atoms with Crippen molar-refractivity contribution in [2.75, 3.05) is 0 Å². The second kappa shape index (κ2) is 15.7. The van der Waals surface area contributed by atoms with Crippen molar-refractivity contribution >= 4 is 46.9 Å². The molecule has 0 aromatic rings. The summed E-state index contributed by atoms with van der Waals surface area (Å²) >= 11 is 0. The van der Waals surface area contributed by atoms with Gasteiger partial charge in [-0.25, -0.2) is 0 Å². The first-order valence-electron chi connectivity index (χ1n) is 3.45. The van der Waals surface area contributed by atoms with Crippen molar-refractivity contribution in [3.63, 3.8) is 0 Å². The Labute approximate surface area is 130 Å². The predicted octanol–water partition coefficient (Wildman–Crippen LogP) is -6.30. The van der Waals surface area contributed by atoms with Crippen LogP contribution in [0, 0.1) is 0 Å². The molecule has 0 fully saturated rings. The molecule has 0 aliphatic heterocycles. The molecular formula is C8H4MgO8Zn. The SMILES string of the molecule is O=C([O-])C=CC(=O)[O-].O=C([O-])C=CC(=O)[O-].[Mg+2].[Zn+2]. The first-order chi connectivity index (χ1) is 7.25. The van der Waals surface area contributed by atoms with E-state index in [0.717, 1.165) is 0 Å². The van der Waals surface area contributed by atoms with Crippen molar-refractivity contribution in [1.29, 1.82) is 0 Å². The van der Waals surface area contributed by atoms with Gasteiger partial charge in [-0.2, -0.15) is 0 Å². The van der Waals surface area contributed by atoms with E-state index in [-0.39, 0.29) is 42.5 Å². The maximum Gasteiger partial charge on any atom is 2.00 e. The number of aliphatic carboxylic acids is 4. The van der Waals surface area contributed by atoms with Gasteiger partial charge in [0.2, 0.25) is 0 Å². The average Bonchev–Trinajstić information content (AvgIpc) is 2.12. The molecule has 0 atom stereocenters. The molecule has 0 heterocycles. The van der Waals surface area contributed by atoms with E-state index in [0.29, 0.717) is 24.3 Å². The van der Waals surface area contributed by atoms with Gasteiger partial charge in [0, 0.05) is 0 Å². The first-order valence-corrected chi connectivity index (χ1v) is 3.45. The number of carboxylic acid groups (broad SMARTS) is 4. The van der Waals surface area contributed by atoms with Gasteiger partial charge in [0.25, 0.3) is 0 Å². The Kier molecular flexibility index (Phi) is 22.4. The van der Waals surface area contributed by atoms with E-state index in [2.05, 4.69) is 0 Å². The second-order valence-corrected chi connectivity index (χ2v) is 1.94. The smallest absolute Gasteiger partial charge is 0.545 e. The quantitative estimate of drug-likeness (QED) is 0.365.